The maximum atomic E-state index is 2.53. The molecule has 11 heavy (non-hydrogen) atoms. The van der Waals surface area contributed by atoms with Crippen LogP contribution in [0.15, 0.2) is 11.6 Å². The molecule has 0 aromatic rings. The van der Waals surface area contributed by atoms with Gasteiger partial charge in [0.15, 0.2) is 0 Å². The van der Waals surface area contributed by atoms with Crippen molar-refractivity contribution in [1.82, 2.24) is 0 Å². The molecule has 0 spiro atoms. The number of hydrogen-bond acceptors (Lipinski definition) is 0. The first kappa shape index (κ1) is 7.39. The van der Waals surface area contributed by atoms with Crippen molar-refractivity contribution in [2.24, 2.45) is 11.3 Å². The normalized spacial score (nSPS) is 34.7. The van der Waals surface area contributed by atoms with Gasteiger partial charge in [-0.25, -0.2) is 0 Å². The van der Waals surface area contributed by atoms with Gasteiger partial charge in [0, 0.05) is 0 Å². The maximum absolute atomic E-state index is 2.53. The van der Waals surface area contributed by atoms with Crippen LogP contribution in [0.25, 0.3) is 0 Å². The summed E-state index contributed by atoms with van der Waals surface area (Å²) >= 11 is 0. The molecule has 0 heterocycles. The standard InChI is InChI=1S/C11H18/c1-11(2)7-9-4-3-5-10(6-9)8-11/h7,10H,3-6,8H2,1-2H3. The van der Waals surface area contributed by atoms with Crippen LogP contribution < -0.4 is 0 Å². The summed E-state index contributed by atoms with van der Waals surface area (Å²) in [7, 11) is 0. The minimum Gasteiger partial charge on any atom is -0.0796 e. The molecule has 0 amide bonds. The van der Waals surface area contributed by atoms with Crippen molar-refractivity contribution < 1.29 is 0 Å². The molecule has 0 aromatic heterocycles. The second kappa shape index (κ2) is 2.36. The molecule has 2 aliphatic rings. The molecular formula is C11H18. The van der Waals surface area contributed by atoms with E-state index < -0.39 is 0 Å². The van der Waals surface area contributed by atoms with Gasteiger partial charge in [0.05, 0.1) is 0 Å². The van der Waals surface area contributed by atoms with Gasteiger partial charge in [-0.1, -0.05) is 25.5 Å². The summed E-state index contributed by atoms with van der Waals surface area (Å²) < 4.78 is 0. The molecule has 0 radical (unpaired) electrons. The van der Waals surface area contributed by atoms with Crippen molar-refractivity contribution in [2.45, 2.75) is 46.0 Å². The molecule has 2 bridgehead atoms. The molecule has 1 fully saturated rings. The van der Waals surface area contributed by atoms with Gasteiger partial charge in [-0.2, -0.15) is 0 Å². The minimum absolute atomic E-state index is 0.513. The summed E-state index contributed by atoms with van der Waals surface area (Å²) in [6, 6.07) is 0. The molecule has 1 saturated carbocycles. The van der Waals surface area contributed by atoms with E-state index in [1.54, 1.807) is 5.57 Å². The maximum Gasteiger partial charge on any atom is -0.0169 e. The van der Waals surface area contributed by atoms with E-state index in [2.05, 4.69) is 19.9 Å². The van der Waals surface area contributed by atoms with Crippen LogP contribution in [0.1, 0.15) is 46.0 Å². The van der Waals surface area contributed by atoms with Crippen LogP contribution in [0.3, 0.4) is 0 Å². The Bertz CT molecular complexity index is 186. The lowest BCUT2D eigenvalue weighted by molar-refractivity contribution is 0.263. The first-order valence-corrected chi connectivity index (χ1v) is 4.86. The highest BCUT2D eigenvalue weighted by Crippen LogP contribution is 2.43. The molecule has 0 N–H and O–H groups in total. The molecule has 1 unspecified atom stereocenters. The summed E-state index contributed by atoms with van der Waals surface area (Å²) in [6.45, 7) is 4.76. The lowest BCUT2D eigenvalue weighted by Gasteiger charge is -2.37. The SMILES string of the molecule is CC1(C)C=C2CCCC(C2)C1. The van der Waals surface area contributed by atoms with E-state index in [4.69, 9.17) is 0 Å². The minimum atomic E-state index is 0.513. The molecule has 2 rings (SSSR count). The van der Waals surface area contributed by atoms with Crippen molar-refractivity contribution >= 4 is 0 Å². The van der Waals surface area contributed by atoms with E-state index in [0.717, 1.165) is 5.92 Å². The lowest BCUT2D eigenvalue weighted by Crippen LogP contribution is -2.23. The Kier molecular flexibility index (Phi) is 1.59. The lowest BCUT2D eigenvalue weighted by atomic mass is 9.69. The second-order valence-electron chi connectivity index (χ2n) is 4.96. The summed E-state index contributed by atoms with van der Waals surface area (Å²) in [6.07, 6.45) is 9.70. The van der Waals surface area contributed by atoms with Crippen LogP contribution >= 0.6 is 0 Å². The fourth-order valence-corrected chi connectivity index (χ4v) is 2.85. The third kappa shape index (κ3) is 1.50. The van der Waals surface area contributed by atoms with E-state index in [-0.39, 0.29) is 0 Å². The average molecular weight is 150 g/mol. The van der Waals surface area contributed by atoms with Gasteiger partial charge in [-0.15, -0.1) is 0 Å². The Morgan fingerprint density at radius 3 is 3.00 bits per heavy atom. The Labute approximate surface area is 69.7 Å². The fraction of sp³-hybridized carbons (Fsp3) is 0.818. The van der Waals surface area contributed by atoms with Crippen molar-refractivity contribution in [2.75, 3.05) is 0 Å². The number of rotatable bonds is 0. The third-order valence-electron chi connectivity index (χ3n) is 3.07. The first-order chi connectivity index (χ1) is 5.16. The van der Waals surface area contributed by atoms with Gasteiger partial charge in [0.1, 0.15) is 0 Å². The van der Waals surface area contributed by atoms with E-state index >= 15 is 0 Å². The molecule has 0 saturated heterocycles. The third-order valence-corrected chi connectivity index (χ3v) is 3.07. The summed E-state index contributed by atoms with van der Waals surface area (Å²) in [4.78, 5) is 0. The van der Waals surface area contributed by atoms with Gasteiger partial charge in [-0.3, -0.25) is 0 Å². The Balaban J connectivity index is 2.23. The summed E-state index contributed by atoms with van der Waals surface area (Å²) in [5.41, 5.74) is 2.26. The molecular weight excluding hydrogens is 132 g/mol. The monoisotopic (exact) mass is 150 g/mol. The first-order valence-electron chi connectivity index (χ1n) is 4.86. The van der Waals surface area contributed by atoms with Crippen LogP contribution in [0.2, 0.25) is 0 Å². The van der Waals surface area contributed by atoms with Gasteiger partial charge in [0.2, 0.25) is 0 Å². The largest absolute Gasteiger partial charge is 0.0796 e. The fourth-order valence-electron chi connectivity index (χ4n) is 2.85. The van der Waals surface area contributed by atoms with Gasteiger partial charge in [0.25, 0.3) is 0 Å². The zero-order valence-corrected chi connectivity index (χ0v) is 7.69. The zero-order chi connectivity index (χ0) is 7.90. The molecule has 0 aromatic carbocycles. The second-order valence-corrected chi connectivity index (χ2v) is 4.96. The van der Waals surface area contributed by atoms with E-state index in [1.807, 2.05) is 0 Å². The van der Waals surface area contributed by atoms with Gasteiger partial charge < -0.3 is 0 Å². The zero-order valence-electron chi connectivity index (χ0n) is 7.69. The molecule has 0 nitrogen and oxygen atoms in total. The molecule has 1 atom stereocenters. The van der Waals surface area contributed by atoms with Crippen LogP contribution in [0.5, 0.6) is 0 Å². The number of hydrogen-bond donors (Lipinski definition) is 0. The Morgan fingerprint density at radius 1 is 1.45 bits per heavy atom. The van der Waals surface area contributed by atoms with Gasteiger partial charge in [-0.05, 0) is 43.4 Å². The quantitative estimate of drug-likeness (QED) is 0.463. The summed E-state index contributed by atoms with van der Waals surface area (Å²) in [5.74, 6) is 1.03. The van der Waals surface area contributed by atoms with Crippen LogP contribution in [-0.4, -0.2) is 0 Å². The number of fused-ring (bicyclic) bond motifs is 2. The Hall–Kier alpha value is -0.260. The molecule has 0 aliphatic heterocycles. The predicted molar refractivity (Wildman–Crippen MR) is 48.4 cm³/mol. The highest BCUT2D eigenvalue weighted by Gasteiger charge is 2.29. The summed E-state index contributed by atoms with van der Waals surface area (Å²) in [5, 5.41) is 0. The van der Waals surface area contributed by atoms with E-state index in [9.17, 15) is 0 Å². The molecule has 62 valence electrons. The van der Waals surface area contributed by atoms with Crippen molar-refractivity contribution in [3.05, 3.63) is 11.6 Å². The van der Waals surface area contributed by atoms with Gasteiger partial charge >= 0.3 is 0 Å². The highest BCUT2D eigenvalue weighted by molar-refractivity contribution is 5.15. The molecule has 2 aliphatic carbocycles. The average Bonchev–Trinajstić information content (AvgIpc) is 1.82. The smallest absolute Gasteiger partial charge is 0.0169 e. The van der Waals surface area contributed by atoms with E-state index in [1.165, 1.54) is 32.1 Å². The predicted octanol–water partition coefficient (Wildman–Crippen LogP) is 3.53. The van der Waals surface area contributed by atoms with Crippen LogP contribution in [0.4, 0.5) is 0 Å². The molecule has 0 heteroatoms. The van der Waals surface area contributed by atoms with Crippen LogP contribution in [0, 0.1) is 11.3 Å². The van der Waals surface area contributed by atoms with Crippen molar-refractivity contribution in [3.63, 3.8) is 0 Å². The van der Waals surface area contributed by atoms with Crippen molar-refractivity contribution in [1.29, 1.82) is 0 Å². The highest BCUT2D eigenvalue weighted by atomic mass is 14.3. The number of allylic oxidation sites excluding steroid dienone is 2. The van der Waals surface area contributed by atoms with E-state index in [0.29, 0.717) is 5.41 Å². The van der Waals surface area contributed by atoms with Crippen molar-refractivity contribution in [3.8, 4) is 0 Å². The Morgan fingerprint density at radius 2 is 2.27 bits per heavy atom. The topological polar surface area (TPSA) is 0 Å². The van der Waals surface area contributed by atoms with Crippen LogP contribution in [-0.2, 0) is 0 Å².